The zero-order valence-electron chi connectivity index (χ0n) is 22.2. The lowest BCUT2D eigenvalue weighted by Gasteiger charge is -2.38. The highest BCUT2D eigenvalue weighted by Crippen LogP contribution is 2.35. The van der Waals surface area contributed by atoms with Gasteiger partial charge in [0.1, 0.15) is 17.6 Å². The van der Waals surface area contributed by atoms with Crippen LogP contribution in [0.4, 0.5) is 10.1 Å². The van der Waals surface area contributed by atoms with Gasteiger partial charge in [0.2, 0.25) is 10.0 Å². The Labute approximate surface area is 231 Å². The maximum Gasteiger partial charge on any atom is 0.275 e. The zero-order valence-corrected chi connectivity index (χ0v) is 23.0. The van der Waals surface area contributed by atoms with Crippen LogP contribution >= 0.6 is 0 Å². The second kappa shape index (κ2) is 12.1. The summed E-state index contributed by atoms with van der Waals surface area (Å²) in [4.78, 5) is 35.8. The van der Waals surface area contributed by atoms with E-state index < -0.39 is 45.7 Å². The number of likely N-dealkylation sites (N-methyl/N-ethyl adjacent to an activating group) is 1. The second-order valence-corrected chi connectivity index (χ2v) is 11.6. The quantitative estimate of drug-likeness (QED) is 0.420. The Morgan fingerprint density at radius 1 is 1.25 bits per heavy atom. The lowest BCUT2D eigenvalue weighted by atomic mass is 9.99. The van der Waals surface area contributed by atoms with Crippen molar-refractivity contribution in [3.63, 3.8) is 0 Å². The highest BCUT2D eigenvalue weighted by atomic mass is 32.2. The van der Waals surface area contributed by atoms with Crippen LogP contribution in [-0.2, 0) is 10.0 Å². The number of sulfonamides is 1. The Morgan fingerprint density at radius 3 is 2.62 bits per heavy atom. The Kier molecular flexibility index (Phi) is 8.76. The van der Waals surface area contributed by atoms with Crippen LogP contribution in [0.15, 0.2) is 66.0 Å². The average Bonchev–Trinajstić information content (AvgIpc) is 2.95. The van der Waals surface area contributed by atoms with E-state index in [1.54, 1.807) is 32.0 Å². The van der Waals surface area contributed by atoms with E-state index in [2.05, 4.69) is 15.3 Å². The predicted octanol–water partition coefficient (Wildman–Crippen LogP) is 2.41. The maximum atomic E-state index is 13.6. The van der Waals surface area contributed by atoms with Gasteiger partial charge in [-0.3, -0.25) is 14.6 Å². The summed E-state index contributed by atoms with van der Waals surface area (Å²) >= 11 is 0. The smallest absolute Gasteiger partial charge is 0.275 e. The molecule has 4 rings (SSSR count). The average molecular weight is 572 g/mol. The van der Waals surface area contributed by atoms with E-state index >= 15 is 0 Å². The number of halogens is 1. The summed E-state index contributed by atoms with van der Waals surface area (Å²) in [5, 5.41) is 12.6. The number of carbonyl (C=O) groups is 2. The third kappa shape index (κ3) is 6.11. The molecule has 0 aliphatic carbocycles. The number of benzene rings is 2. The fraction of sp³-hybridized carbons (Fsp3) is 0.333. The van der Waals surface area contributed by atoms with Gasteiger partial charge in [0, 0.05) is 31.9 Å². The molecular formula is C27H30FN5O6S. The third-order valence-corrected chi connectivity index (χ3v) is 8.53. The fourth-order valence-electron chi connectivity index (χ4n) is 4.30. The van der Waals surface area contributed by atoms with Gasteiger partial charge in [-0.1, -0.05) is 13.0 Å². The van der Waals surface area contributed by atoms with E-state index in [4.69, 9.17) is 4.74 Å². The molecule has 1 aromatic heterocycles. The van der Waals surface area contributed by atoms with Gasteiger partial charge in [-0.05, 0) is 43.3 Å². The van der Waals surface area contributed by atoms with Crippen molar-refractivity contribution in [1.29, 1.82) is 0 Å². The molecule has 2 aromatic carbocycles. The topological polar surface area (TPSA) is 142 Å². The first-order chi connectivity index (χ1) is 19.0. The van der Waals surface area contributed by atoms with Crippen LogP contribution in [0.25, 0.3) is 0 Å². The van der Waals surface area contributed by atoms with Crippen molar-refractivity contribution in [2.75, 3.05) is 32.1 Å². The Bertz CT molecular complexity index is 1470. The minimum absolute atomic E-state index is 0.0443. The Hall–Kier alpha value is -3.94. The van der Waals surface area contributed by atoms with E-state index in [0.717, 1.165) is 16.4 Å². The molecule has 1 aliphatic rings. The van der Waals surface area contributed by atoms with E-state index in [0.29, 0.717) is 0 Å². The molecule has 0 bridgehead atoms. The number of rotatable bonds is 8. The van der Waals surface area contributed by atoms with Crippen molar-refractivity contribution in [3.05, 3.63) is 78.1 Å². The van der Waals surface area contributed by atoms with Crippen LogP contribution in [0.5, 0.6) is 5.75 Å². The van der Waals surface area contributed by atoms with Crippen LogP contribution in [0.3, 0.4) is 0 Å². The number of ether oxygens (including phenoxy) is 1. The van der Waals surface area contributed by atoms with Gasteiger partial charge in [-0.2, -0.15) is 4.31 Å². The number of nitrogens with zero attached hydrogens (tertiary/aromatic N) is 4. The highest BCUT2D eigenvalue weighted by molar-refractivity contribution is 7.89. The molecule has 0 fully saturated rings. The number of aliphatic hydroxyl groups is 1. The maximum absolute atomic E-state index is 13.6. The molecule has 2 N–H and O–H groups in total. The SMILES string of the molecule is C[C@@H]1CN([C@@H](C)CO)C(=O)c2cccc(NC(=O)c3cnccn3)c2O[C@@H]1CN(C)S(=O)(=O)c1ccc(F)cc1. The van der Waals surface area contributed by atoms with Crippen LogP contribution < -0.4 is 10.1 Å². The molecule has 2 amide bonds. The Balaban J connectivity index is 1.72. The second-order valence-electron chi connectivity index (χ2n) is 9.59. The van der Waals surface area contributed by atoms with Crippen molar-refractivity contribution in [1.82, 2.24) is 19.2 Å². The lowest BCUT2D eigenvalue weighted by molar-refractivity contribution is 0.0388. The highest BCUT2D eigenvalue weighted by Gasteiger charge is 2.36. The molecule has 0 radical (unpaired) electrons. The summed E-state index contributed by atoms with van der Waals surface area (Å²) < 4.78 is 47.3. The summed E-state index contributed by atoms with van der Waals surface area (Å²) in [6.07, 6.45) is 3.30. The van der Waals surface area contributed by atoms with Crippen molar-refractivity contribution in [2.45, 2.75) is 30.9 Å². The van der Waals surface area contributed by atoms with E-state index in [9.17, 15) is 27.5 Å². The molecule has 13 heteroatoms. The van der Waals surface area contributed by atoms with Crippen molar-refractivity contribution < 1.29 is 32.2 Å². The number of hydrogen-bond donors (Lipinski definition) is 2. The summed E-state index contributed by atoms with van der Waals surface area (Å²) in [7, 11) is -2.62. The lowest BCUT2D eigenvalue weighted by Crippen LogP contribution is -2.50. The summed E-state index contributed by atoms with van der Waals surface area (Å²) in [5.74, 6) is -1.90. The molecule has 0 unspecified atom stereocenters. The molecule has 0 saturated carbocycles. The van der Waals surface area contributed by atoms with Crippen LogP contribution in [0.2, 0.25) is 0 Å². The first-order valence-electron chi connectivity index (χ1n) is 12.5. The predicted molar refractivity (Wildman–Crippen MR) is 144 cm³/mol. The Morgan fingerprint density at radius 2 is 1.98 bits per heavy atom. The van der Waals surface area contributed by atoms with E-state index in [1.165, 1.54) is 42.7 Å². The van der Waals surface area contributed by atoms with Crippen molar-refractivity contribution in [2.24, 2.45) is 5.92 Å². The fourth-order valence-corrected chi connectivity index (χ4v) is 5.48. The number of aliphatic hydroxyl groups excluding tert-OH is 1. The van der Waals surface area contributed by atoms with Crippen molar-refractivity contribution in [3.8, 4) is 5.75 Å². The molecule has 11 nitrogen and oxygen atoms in total. The van der Waals surface area contributed by atoms with Crippen molar-refractivity contribution >= 4 is 27.5 Å². The molecular weight excluding hydrogens is 541 g/mol. The van der Waals surface area contributed by atoms with E-state index in [1.807, 2.05) is 0 Å². The van der Waals surface area contributed by atoms with Gasteiger partial charge in [0.05, 0.1) is 41.5 Å². The molecule has 212 valence electrons. The monoisotopic (exact) mass is 571 g/mol. The number of nitrogens with one attached hydrogen (secondary N) is 1. The number of fused-ring (bicyclic) bond motifs is 1. The summed E-state index contributed by atoms with van der Waals surface area (Å²) in [5.41, 5.74) is 0.363. The number of hydrogen-bond acceptors (Lipinski definition) is 8. The number of aromatic nitrogens is 2. The first-order valence-corrected chi connectivity index (χ1v) is 14.0. The molecule has 0 saturated heterocycles. The molecule has 0 spiro atoms. The summed E-state index contributed by atoms with van der Waals surface area (Å²) in [6.45, 7) is 3.26. The third-order valence-electron chi connectivity index (χ3n) is 6.69. The zero-order chi connectivity index (χ0) is 29.0. The molecule has 1 aliphatic heterocycles. The first kappa shape index (κ1) is 29.1. The number of para-hydroxylation sites is 1. The summed E-state index contributed by atoms with van der Waals surface area (Å²) in [6, 6.07) is 8.64. The van der Waals surface area contributed by atoms with E-state index in [-0.39, 0.29) is 47.3 Å². The van der Waals surface area contributed by atoms with Gasteiger partial charge in [-0.15, -0.1) is 0 Å². The largest absolute Gasteiger partial charge is 0.486 e. The van der Waals surface area contributed by atoms with Crippen LogP contribution in [0.1, 0.15) is 34.7 Å². The van der Waals surface area contributed by atoms with Gasteiger partial charge < -0.3 is 20.1 Å². The van der Waals surface area contributed by atoms with Crippen LogP contribution in [-0.4, -0.2) is 83.4 Å². The van der Waals surface area contributed by atoms with Gasteiger partial charge >= 0.3 is 0 Å². The van der Waals surface area contributed by atoms with Crippen LogP contribution in [0, 0.1) is 11.7 Å². The normalized spacial score (nSPS) is 18.4. The minimum atomic E-state index is -4.01. The van der Waals surface area contributed by atoms with Gasteiger partial charge in [0.15, 0.2) is 5.75 Å². The van der Waals surface area contributed by atoms with Gasteiger partial charge in [-0.25, -0.2) is 17.8 Å². The molecule has 2 heterocycles. The number of anilines is 1. The minimum Gasteiger partial charge on any atom is -0.486 e. The standard InChI is InChI=1S/C27H30FN5O6S/c1-17-14-33(18(2)16-34)27(36)21-5-4-6-22(31-26(35)23-13-29-11-12-30-23)25(21)39-24(17)15-32(3)40(37,38)20-9-7-19(28)8-10-20/h4-13,17-18,24,34H,14-16H2,1-3H3,(H,31,35)/t17-,18+,24-/m1/s1. The molecule has 40 heavy (non-hydrogen) atoms. The number of amides is 2. The number of carbonyl (C=O) groups excluding carboxylic acids is 2. The van der Waals surface area contributed by atoms with Gasteiger partial charge in [0.25, 0.3) is 11.8 Å². The molecule has 3 aromatic rings. The molecule has 3 atom stereocenters.